The number of thioether (sulfide) groups is 1. The zero-order valence-electron chi connectivity index (χ0n) is 21.8. The van der Waals surface area contributed by atoms with Gasteiger partial charge in [-0.25, -0.2) is 4.79 Å². The summed E-state index contributed by atoms with van der Waals surface area (Å²) in [6.07, 6.45) is 1.96. The first-order valence-electron chi connectivity index (χ1n) is 13.0. The molecule has 1 unspecified atom stereocenters. The number of carbonyl (C=O) groups excluding carboxylic acids is 3. The Kier molecular flexibility index (Phi) is 10.6. The number of hydrogen-bond acceptors (Lipinski definition) is 8. The SMILES string of the molecule is CC(SC[C@@H]1CCCN1C(=O)[C@H](CC(=O)O)NC(=O)[C@@H](N)Cc1ccc(O)cc1)C(=O)N1CCC[C@H]1C(=O)O. The highest BCUT2D eigenvalue weighted by Gasteiger charge is 2.38. The number of nitrogens with two attached hydrogens (primary N) is 1. The van der Waals surface area contributed by atoms with Crippen molar-refractivity contribution in [3.05, 3.63) is 29.8 Å². The van der Waals surface area contributed by atoms with Crippen LogP contribution in [0.1, 0.15) is 44.6 Å². The number of nitrogens with zero attached hydrogens (tertiary/aromatic N) is 2. The fraction of sp³-hybridized carbons (Fsp3) is 0.577. The molecule has 214 valence electrons. The maximum absolute atomic E-state index is 13.4. The lowest BCUT2D eigenvalue weighted by Crippen LogP contribution is -2.54. The average molecular weight is 565 g/mol. The second-order valence-electron chi connectivity index (χ2n) is 9.97. The number of aliphatic carboxylic acids is 2. The average Bonchev–Trinajstić information content (AvgIpc) is 3.57. The van der Waals surface area contributed by atoms with Gasteiger partial charge < -0.3 is 36.2 Å². The van der Waals surface area contributed by atoms with E-state index >= 15 is 0 Å². The lowest BCUT2D eigenvalue weighted by atomic mass is 10.0. The molecule has 2 heterocycles. The summed E-state index contributed by atoms with van der Waals surface area (Å²) in [5.74, 6) is -3.21. The van der Waals surface area contributed by atoms with Gasteiger partial charge in [0.05, 0.1) is 17.7 Å². The normalized spacial score (nSPS) is 21.3. The van der Waals surface area contributed by atoms with Crippen molar-refractivity contribution in [3.63, 3.8) is 0 Å². The van der Waals surface area contributed by atoms with E-state index in [0.717, 1.165) is 0 Å². The Morgan fingerprint density at radius 1 is 1.03 bits per heavy atom. The number of rotatable bonds is 12. The Hall–Kier alpha value is -3.32. The smallest absolute Gasteiger partial charge is 0.326 e. The van der Waals surface area contributed by atoms with Crippen LogP contribution < -0.4 is 11.1 Å². The molecule has 39 heavy (non-hydrogen) atoms. The van der Waals surface area contributed by atoms with E-state index in [-0.39, 0.29) is 24.1 Å². The largest absolute Gasteiger partial charge is 0.508 e. The minimum Gasteiger partial charge on any atom is -0.508 e. The van der Waals surface area contributed by atoms with Crippen LogP contribution in [0, 0.1) is 0 Å². The molecule has 2 aliphatic heterocycles. The van der Waals surface area contributed by atoms with Crippen LogP contribution in [-0.2, 0) is 30.4 Å². The second kappa shape index (κ2) is 13.7. The number of phenols is 1. The maximum Gasteiger partial charge on any atom is 0.326 e. The van der Waals surface area contributed by atoms with Gasteiger partial charge in [-0.2, -0.15) is 0 Å². The monoisotopic (exact) mass is 564 g/mol. The molecule has 2 saturated heterocycles. The molecule has 0 saturated carbocycles. The first-order valence-corrected chi connectivity index (χ1v) is 14.0. The van der Waals surface area contributed by atoms with Gasteiger partial charge in [-0.3, -0.25) is 19.2 Å². The highest BCUT2D eigenvalue weighted by atomic mass is 32.2. The predicted octanol–water partition coefficient (Wildman–Crippen LogP) is 0.410. The number of carbonyl (C=O) groups is 5. The number of likely N-dealkylation sites (tertiary alicyclic amines) is 2. The van der Waals surface area contributed by atoms with Crippen LogP contribution in [0.2, 0.25) is 0 Å². The molecular formula is C26H36N4O8S. The third-order valence-corrected chi connectivity index (χ3v) is 8.37. The maximum atomic E-state index is 13.4. The first kappa shape index (κ1) is 30.2. The molecule has 0 radical (unpaired) electrons. The molecule has 3 amide bonds. The Morgan fingerprint density at radius 2 is 1.67 bits per heavy atom. The molecule has 2 fully saturated rings. The molecule has 0 spiro atoms. The van der Waals surface area contributed by atoms with Gasteiger partial charge in [-0.1, -0.05) is 12.1 Å². The van der Waals surface area contributed by atoms with Crippen LogP contribution in [0.25, 0.3) is 0 Å². The minimum atomic E-state index is -1.30. The number of nitrogens with one attached hydrogen (secondary N) is 1. The highest BCUT2D eigenvalue weighted by Crippen LogP contribution is 2.27. The fourth-order valence-corrected chi connectivity index (χ4v) is 6.11. The molecule has 0 aromatic heterocycles. The number of amides is 3. The van der Waals surface area contributed by atoms with Gasteiger partial charge in [0, 0.05) is 24.9 Å². The lowest BCUT2D eigenvalue weighted by molar-refractivity contribution is -0.147. The van der Waals surface area contributed by atoms with Crippen LogP contribution in [0.3, 0.4) is 0 Å². The zero-order chi connectivity index (χ0) is 28.7. The molecular weight excluding hydrogens is 528 g/mol. The summed E-state index contributed by atoms with van der Waals surface area (Å²) >= 11 is 1.33. The number of hydrogen-bond donors (Lipinski definition) is 5. The van der Waals surface area contributed by atoms with Crippen molar-refractivity contribution in [1.29, 1.82) is 0 Å². The van der Waals surface area contributed by atoms with Crippen LogP contribution in [0.5, 0.6) is 5.75 Å². The fourth-order valence-electron chi connectivity index (χ4n) is 4.98. The van der Waals surface area contributed by atoms with Gasteiger partial charge in [0.2, 0.25) is 17.7 Å². The molecule has 0 bridgehead atoms. The van der Waals surface area contributed by atoms with Crippen LogP contribution in [0.4, 0.5) is 0 Å². The number of benzene rings is 1. The van der Waals surface area contributed by atoms with Gasteiger partial charge >= 0.3 is 11.9 Å². The second-order valence-corrected chi connectivity index (χ2v) is 11.3. The van der Waals surface area contributed by atoms with Crippen LogP contribution in [-0.4, -0.2) is 103 Å². The molecule has 0 aliphatic carbocycles. The van der Waals surface area contributed by atoms with Crippen molar-refractivity contribution in [1.82, 2.24) is 15.1 Å². The van der Waals surface area contributed by atoms with E-state index in [1.165, 1.54) is 28.8 Å². The third-order valence-electron chi connectivity index (χ3n) is 7.09. The van der Waals surface area contributed by atoms with Gasteiger partial charge in [-0.05, 0) is 56.7 Å². The van der Waals surface area contributed by atoms with E-state index < -0.39 is 53.5 Å². The van der Waals surface area contributed by atoms with Gasteiger partial charge in [-0.15, -0.1) is 11.8 Å². The van der Waals surface area contributed by atoms with Crippen molar-refractivity contribution in [2.75, 3.05) is 18.8 Å². The Bertz CT molecular complexity index is 1070. The van der Waals surface area contributed by atoms with E-state index in [9.17, 15) is 39.3 Å². The van der Waals surface area contributed by atoms with Crippen LogP contribution >= 0.6 is 11.8 Å². The third kappa shape index (κ3) is 8.09. The summed E-state index contributed by atoms with van der Waals surface area (Å²) in [6, 6.07) is 2.76. The molecule has 1 aromatic carbocycles. The van der Waals surface area contributed by atoms with E-state index in [1.807, 2.05) is 0 Å². The lowest BCUT2D eigenvalue weighted by Gasteiger charge is -2.30. The number of carboxylic acids is 2. The highest BCUT2D eigenvalue weighted by molar-refractivity contribution is 8.00. The van der Waals surface area contributed by atoms with Gasteiger partial charge in [0.25, 0.3) is 0 Å². The first-order chi connectivity index (χ1) is 18.5. The Morgan fingerprint density at radius 3 is 2.31 bits per heavy atom. The summed E-state index contributed by atoms with van der Waals surface area (Å²) in [5, 5.41) is 30.2. The summed E-state index contributed by atoms with van der Waals surface area (Å²) in [7, 11) is 0. The quantitative estimate of drug-likeness (QED) is 0.238. The molecule has 13 heteroatoms. The number of carboxylic acid groups (broad SMARTS) is 2. The van der Waals surface area contributed by atoms with E-state index in [0.29, 0.717) is 50.1 Å². The van der Waals surface area contributed by atoms with Crippen molar-refractivity contribution >= 4 is 41.4 Å². The van der Waals surface area contributed by atoms with Crippen LogP contribution in [0.15, 0.2) is 24.3 Å². The summed E-state index contributed by atoms with van der Waals surface area (Å²) in [6.45, 7) is 2.51. The van der Waals surface area contributed by atoms with Crippen molar-refractivity contribution in [2.45, 2.75) is 74.9 Å². The van der Waals surface area contributed by atoms with E-state index in [1.54, 1.807) is 24.0 Å². The van der Waals surface area contributed by atoms with Gasteiger partial charge in [0.15, 0.2) is 0 Å². The zero-order valence-corrected chi connectivity index (χ0v) is 22.6. The molecule has 1 aromatic rings. The Balaban J connectivity index is 1.59. The number of aromatic hydroxyl groups is 1. The summed E-state index contributed by atoms with van der Waals surface area (Å²) < 4.78 is 0. The van der Waals surface area contributed by atoms with E-state index in [4.69, 9.17) is 5.73 Å². The van der Waals surface area contributed by atoms with E-state index in [2.05, 4.69) is 5.32 Å². The van der Waals surface area contributed by atoms with Crippen molar-refractivity contribution < 1.29 is 39.3 Å². The Labute approximate surface area is 230 Å². The van der Waals surface area contributed by atoms with Crippen molar-refractivity contribution in [3.8, 4) is 5.75 Å². The predicted molar refractivity (Wildman–Crippen MR) is 143 cm³/mol. The topological polar surface area (TPSA) is 191 Å². The number of phenolic OH excluding ortho intramolecular Hbond substituents is 1. The molecule has 3 rings (SSSR count). The summed E-state index contributed by atoms with van der Waals surface area (Å²) in [4.78, 5) is 64.9. The van der Waals surface area contributed by atoms with Crippen molar-refractivity contribution in [2.24, 2.45) is 5.73 Å². The summed E-state index contributed by atoms with van der Waals surface area (Å²) in [5.41, 5.74) is 6.71. The standard InChI is InChI=1S/C26H36N4O8S/c1-15(24(35)30-11-3-5-21(30)26(37)38)39-14-17-4-2-10-29(17)25(36)20(13-22(32)33)28-23(34)19(27)12-16-6-8-18(31)9-7-16/h6-9,15,17,19-21,31H,2-5,10-14,27H2,1H3,(H,28,34)(H,32,33)(H,37,38)/t15?,17-,19-,20-,21-/m0/s1. The molecule has 5 atom stereocenters. The molecule has 12 nitrogen and oxygen atoms in total. The minimum absolute atomic E-state index is 0.0708. The molecule has 6 N–H and O–H groups in total. The van der Waals surface area contributed by atoms with Gasteiger partial charge in [0.1, 0.15) is 17.8 Å². The molecule has 2 aliphatic rings.